The molecule has 1 atom stereocenters. The van der Waals surface area contributed by atoms with Crippen molar-refractivity contribution in [3.05, 3.63) is 47.9 Å². The number of anilines is 3. The van der Waals surface area contributed by atoms with Crippen LogP contribution in [-0.4, -0.2) is 37.0 Å². The van der Waals surface area contributed by atoms with Crippen molar-refractivity contribution in [2.45, 2.75) is 51.6 Å². The zero-order chi connectivity index (χ0) is 22.9. The second-order valence-corrected chi connectivity index (χ2v) is 8.87. The van der Waals surface area contributed by atoms with Crippen molar-refractivity contribution in [3.63, 3.8) is 0 Å². The molecule has 0 saturated carbocycles. The Labute approximate surface area is 185 Å². The van der Waals surface area contributed by atoms with Crippen molar-refractivity contribution in [1.82, 2.24) is 30.2 Å². The maximum Gasteiger partial charge on any atom is 0.286 e. The maximum absolute atomic E-state index is 13.8. The molecule has 1 aliphatic rings. The van der Waals surface area contributed by atoms with Gasteiger partial charge in [-0.25, -0.2) is 4.98 Å². The summed E-state index contributed by atoms with van der Waals surface area (Å²) in [6, 6.07) is 8.40. The number of alkyl halides is 2. The quantitative estimate of drug-likeness (QED) is 0.518. The van der Waals surface area contributed by atoms with E-state index in [1.165, 1.54) is 12.1 Å². The summed E-state index contributed by atoms with van der Waals surface area (Å²) >= 11 is 0. The molecule has 3 aromatic heterocycles. The van der Waals surface area contributed by atoms with Gasteiger partial charge in [0, 0.05) is 24.3 Å². The van der Waals surface area contributed by atoms with Gasteiger partial charge in [0.2, 0.25) is 11.9 Å². The molecule has 0 amide bonds. The van der Waals surface area contributed by atoms with E-state index in [-0.39, 0.29) is 34.7 Å². The fourth-order valence-electron chi connectivity index (χ4n) is 3.13. The van der Waals surface area contributed by atoms with Gasteiger partial charge in [-0.15, -0.1) is 0 Å². The molecule has 1 saturated heterocycles. The highest BCUT2D eigenvalue weighted by Crippen LogP contribution is 2.28. The number of nitrogens with zero attached hydrogens (tertiary/aromatic N) is 5. The zero-order valence-electron chi connectivity index (χ0n) is 18.4. The van der Waals surface area contributed by atoms with Crippen LogP contribution in [0.3, 0.4) is 0 Å². The van der Waals surface area contributed by atoms with E-state index in [0.717, 1.165) is 31.3 Å². The molecule has 8 nitrogen and oxygen atoms in total. The molecule has 1 unspecified atom stereocenters. The molecule has 0 aromatic carbocycles. The van der Waals surface area contributed by atoms with Crippen LogP contribution in [0.1, 0.15) is 51.5 Å². The third-order valence-corrected chi connectivity index (χ3v) is 4.77. The third kappa shape index (κ3) is 5.31. The lowest BCUT2D eigenvalue weighted by molar-refractivity contribution is 0.0129. The SMILES string of the molecule is CC(C)(C)Nc1nc(Nc2ccnc(C3CCN3)c2)nc(-c2cccc(C(C)(F)F)n2)n1. The molecule has 3 N–H and O–H groups in total. The van der Waals surface area contributed by atoms with Gasteiger partial charge in [0.15, 0.2) is 5.82 Å². The summed E-state index contributed by atoms with van der Waals surface area (Å²) in [7, 11) is 0. The first-order valence-corrected chi connectivity index (χ1v) is 10.4. The van der Waals surface area contributed by atoms with E-state index >= 15 is 0 Å². The van der Waals surface area contributed by atoms with Crippen LogP contribution in [0.25, 0.3) is 11.5 Å². The summed E-state index contributed by atoms with van der Waals surface area (Å²) in [6.07, 6.45) is 2.76. The smallest absolute Gasteiger partial charge is 0.286 e. The van der Waals surface area contributed by atoms with Gasteiger partial charge < -0.3 is 16.0 Å². The molecule has 0 spiro atoms. The third-order valence-electron chi connectivity index (χ3n) is 4.77. The lowest BCUT2D eigenvalue weighted by Gasteiger charge is -2.27. The number of halogens is 2. The highest BCUT2D eigenvalue weighted by Gasteiger charge is 2.27. The normalized spacial score (nSPS) is 16.4. The second kappa shape index (κ2) is 8.34. The molecular formula is C22H26F2N8. The van der Waals surface area contributed by atoms with Crippen molar-refractivity contribution < 1.29 is 8.78 Å². The molecular weight excluding hydrogens is 414 g/mol. The van der Waals surface area contributed by atoms with Crippen LogP contribution in [0.4, 0.5) is 26.4 Å². The van der Waals surface area contributed by atoms with E-state index in [9.17, 15) is 8.78 Å². The zero-order valence-corrected chi connectivity index (χ0v) is 18.4. The van der Waals surface area contributed by atoms with Crippen LogP contribution < -0.4 is 16.0 Å². The molecule has 3 aromatic rings. The Bertz CT molecular complexity index is 1100. The Kier molecular flexibility index (Phi) is 5.72. The summed E-state index contributed by atoms with van der Waals surface area (Å²) in [5.41, 5.74) is 1.27. The van der Waals surface area contributed by atoms with Crippen LogP contribution in [0, 0.1) is 0 Å². The van der Waals surface area contributed by atoms with Gasteiger partial charge in [-0.1, -0.05) is 6.07 Å². The lowest BCUT2D eigenvalue weighted by atomic mass is 10.0. The van der Waals surface area contributed by atoms with Crippen molar-refractivity contribution in [1.29, 1.82) is 0 Å². The summed E-state index contributed by atoms with van der Waals surface area (Å²) in [6.45, 7) is 7.71. The van der Waals surface area contributed by atoms with E-state index < -0.39 is 5.92 Å². The Balaban J connectivity index is 1.70. The van der Waals surface area contributed by atoms with E-state index in [2.05, 4.69) is 40.9 Å². The molecule has 168 valence electrons. The molecule has 0 aliphatic carbocycles. The van der Waals surface area contributed by atoms with Gasteiger partial charge in [0.1, 0.15) is 11.4 Å². The first-order valence-electron chi connectivity index (χ1n) is 10.4. The van der Waals surface area contributed by atoms with Gasteiger partial charge in [0.05, 0.1) is 11.7 Å². The minimum atomic E-state index is -3.07. The lowest BCUT2D eigenvalue weighted by Crippen LogP contribution is -2.35. The second-order valence-electron chi connectivity index (χ2n) is 8.87. The number of nitrogens with one attached hydrogen (secondary N) is 3. The van der Waals surface area contributed by atoms with Crippen molar-refractivity contribution >= 4 is 17.6 Å². The van der Waals surface area contributed by atoms with Gasteiger partial charge in [-0.2, -0.15) is 23.7 Å². The highest BCUT2D eigenvalue weighted by atomic mass is 19.3. The largest absolute Gasteiger partial charge is 0.349 e. The van der Waals surface area contributed by atoms with Crippen LogP contribution >= 0.6 is 0 Å². The first kappa shape index (κ1) is 21.9. The van der Waals surface area contributed by atoms with Gasteiger partial charge in [-0.05, 0) is 58.0 Å². The predicted molar refractivity (Wildman–Crippen MR) is 119 cm³/mol. The number of pyridine rings is 2. The van der Waals surface area contributed by atoms with Crippen LogP contribution in [-0.2, 0) is 5.92 Å². The Morgan fingerprint density at radius 2 is 1.75 bits per heavy atom. The summed E-state index contributed by atoms with van der Waals surface area (Å²) in [4.78, 5) is 21.8. The number of aromatic nitrogens is 5. The van der Waals surface area contributed by atoms with Crippen molar-refractivity contribution in [2.75, 3.05) is 17.2 Å². The number of hydrogen-bond donors (Lipinski definition) is 3. The molecule has 0 bridgehead atoms. The molecule has 4 rings (SSSR count). The maximum atomic E-state index is 13.8. The molecule has 1 aliphatic heterocycles. The topological polar surface area (TPSA) is 101 Å². The van der Waals surface area contributed by atoms with E-state index in [1.807, 2.05) is 32.9 Å². The van der Waals surface area contributed by atoms with E-state index in [1.54, 1.807) is 12.3 Å². The Morgan fingerprint density at radius 3 is 2.41 bits per heavy atom. The van der Waals surface area contributed by atoms with Gasteiger partial charge >= 0.3 is 0 Å². The molecule has 4 heterocycles. The van der Waals surface area contributed by atoms with E-state index in [4.69, 9.17) is 0 Å². The Morgan fingerprint density at radius 1 is 1.00 bits per heavy atom. The minimum Gasteiger partial charge on any atom is -0.349 e. The monoisotopic (exact) mass is 440 g/mol. The number of hydrogen-bond acceptors (Lipinski definition) is 8. The average Bonchev–Trinajstić information content (AvgIpc) is 2.65. The summed E-state index contributed by atoms with van der Waals surface area (Å²) < 4.78 is 27.6. The fourth-order valence-corrected chi connectivity index (χ4v) is 3.13. The molecule has 1 fully saturated rings. The van der Waals surface area contributed by atoms with Gasteiger partial charge in [-0.3, -0.25) is 4.98 Å². The van der Waals surface area contributed by atoms with Crippen molar-refractivity contribution in [3.8, 4) is 11.5 Å². The minimum absolute atomic E-state index is 0.190. The molecule has 32 heavy (non-hydrogen) atoms. The van der Waals surface area contributed by atoms with Crippen LogP contribution in [0.5, 0.6) is 0 Å². The number of rotatable bonds is 6. The van der Waals surface area contributed by atoms with Crippen LogP contribution in [0.15, 0.2) is 36.5 Å². The molecule has 10 heteroatoms. The average molecular weight is 441 g/mol. The van der Waals surface area contributed by atoms with Crippen molar-refractivity contribution in [2.24, 2.45) is 0 Å². The summed E-state index contributed by atoms with van der Waals surface area (Å²) in [5.74, 6) is -2.29. The summed E-state index contributed by atoms with van der Waals surface area (Å²) in [5, 5.41) is 9.72. The molecule has 0 radical (unpaired) electrons. The Hall–Kier alpha value is -3.27. The van der Waals surface area contributed by atoms with Crippen LogP contribution in [0.2, 0.25) is 0 Å². The highest BCUT2D eigenvalue weighted by molar-refractivity contribution is 5.59. The van der Waals surface area contributed by atoms with E-state index in [0.29, 0.717) is 5.95 Å². The first-order chi connectivity index (χ1) is 15.1. The fraction of sp³-hybridized carbons (Fsp3) is 0.409. The predicted octanol–water partition coefficient (Wildman–Crippen LogP) is 4.43. The van der Waals surface area contributed by atoms with Gasteiger partial charge in [0.25, 0.3) is 5.92 Å². The standard InChI is InChI=1S/C22H26F2N8/c1-21(2,3)32-20-30-18(15-6-5-7-17(28-15)22(4,23)24)29-19(31-20)27-13-8-10-26-16(12-13)14-9-11-25-14/h5-8,10,12,14,25H,9,11H2,1-4H3,(H2,26,27,29,30,31,32).